The highest BCUT2D eigenvalue weighted by atomic mass is 16.7. The molecule has 0 aliphatic carbocycles. The molecule has 0 spiro atoms. The van der Waals surface area contributed by atoms with Gasteiger partial charge in [-0.05, 0) is 39.7 Å². The average Bonchev–Trinajstić information content (AvgIpc) is 2.37. The number of hydrogen-bond donors (Lipinski definition) is 0. The molecule has 17 heavy (non-hydrogen) atoms. The van der Waals surface area contributed by atoms with Crippen LogP contribution in [0.1, 0.15) is 52.9 Å². The Labute approximate surface area is 106 Å². The van der Waals surface area contributed by atoms with E-state index < -0.39 is 0 Å². The second-order valence-corrected chi connectivity index (χ2v) is 4.72. The Morgan fingerprint density at radius 1 is 1.12 bits per heavy atom. The lowest BCUT2D eigenvalue weighted by atomic mass is 10.00. The lowest BCUT2D eigenvalue weighted by molar-refractivity contribution is -0.143. The Morgan fingerprint density at radius 2 is 1.82 bits per heavy atom. The minimum atomic E-state index is -0.00978. The first-order chi connectivity index (χ1) is 8.31. The van der Waals surface area contributed by atoms with Crippen molar-refractivity contribution in [1.29, 1.82) is 0 Å². The van der Waals surface area contributed by atoms with E-state index in [1.165, 1.54) is 32.2 Å². The summed E-state index contributed by atoms with van der Waals surface area (Å²) in [6, 6.07) is 0.785. The number of ether oxygens (including phenoxy) is 2. The van der Waals surface area contributed by atoms with Crippen molar-refractivity contribution in [1.82, 2.24) is 4.90 Å². The molecule has 0 aromatic rings. The van der Waals surface area contributed by atoms with Gasteiger partial charge in [0.2, 0.25) is 0 Å². The first kappa shape index (κ1) is 14.9. The molecule has 1 unspecified atom stereocenters. The molecule has 1 rings (SSSR count). The monoisotopic (exact) mass is 243 g/mol. The molecule has 0 aromatic carbocycles. The molecular formula is C14H29NO2. The van der Waals surface area contributed by atoms with Gasteiger partial charge < -0.3 is 14.4 Å². The maximum Gasteiger partial charge on any atom is 0.158 e. The second kappa shape index (κ2) is 8.90. The Morgan fingerprint density at radius 3 is 2.41 bits per heavy atom. The van der Waals surface area contributed by atoms with Gasteiger partial charge >= 0.3 is 0 Å². The third-order valence-corrected chi connectivity index (χ3v) is 3.58. The van der Waals surface area contributed by atoms with Crippen LogP contribution in [0.3, 0.4) is 0 Å². The fourth-order valence-electron chi connectivity index (χ4n) is 2.67. The Bertz CT molecular complexity index is 181. The topological polar surface area (TPSA) is 21.7 Å². The zero-order valence-corrected chi connectivity index (χ0v) is 11.8. The van der Waals surface area contributed by atoms with Crippen molar-refractivity contribution in [3.8, 4) is 0 Å². The van der Waals surface area contributed by atoms with Crippen molar-refractivity contribution < 1.29 is 9.47 Å². The fourth-order valence-corrected chi connectivity index (χ4v) is 2.67. The smallest absolute Gasteiger partial charge is 0.158 e. The predicted octanol–water partition coefficient (Wildman–Crippen LogP) is 3.04. The summed E-state index contributed by atoms with van der Waals surface area (Å²) < 4.78 is 11.2. The van der Waals surface area contributed by atoms with Crippen molar-refractivity contribution in [2.75, 3.05) is 26.3 Å². The number of nitrogens with zero attached hydrogens (tertiary/aromatic N) is 1. The largest absolute Gasteiger partial charge is 0.353 e. The summed E-state index contributed by atoms with van der Waals surface area (Å²) in [6.07, 6.45) is 6.38. The van der Waals surface area contributed by atoms with Gasteiger partial charge in [-0.2, -0.15) is 0 Å². The maximum atomic E-state index is 5.59. The molecule has 3 nitrogen and oxygen atoms in total. The van der Waals surface area contributed by atoms with E-state index in [0.717, 1.165) is 32.2 Å². The van der Waals surface area contributed by atoms with Gasteiger partial charge in [-0.3, -0.25) is 0 Å². The van der Waals surface area contributed by atoms with E-state index in [1.807, 2.05) is 13.8 Å². The number of hydrogen-bond acceptors (Lipinski definition) is 3. The lowest BCUT2D eigenvalue weighted by Crippen LogP contribution is -2.41. The van der Waals surface area contributed by atoms with Crippen LogP contribution in [0, 0.1) is 0 Å². The average molecular weight is 243 g/mol. The van der Waals surface area contributed by atoms with Crippen LogP contribution in [0.4, 0.5) is 0 Å². The fraction of sp³-hybridized carbons (Fsp3) is 1.00. The van der Waals surface area contributed by atoms with Gasteiger partial charge in [0.25, 0.3) is 0 Å². The molecule has 1 aliphatic rings. The summed E-state index contributed by atoms with van der Waals surface area (Å²) in [5.74, 6) is 0. The van der Waals surface area contributed by atoms with Crippen LogP contribution < -0.4 is 0 Å². The number of rotatable bonds is 8. The van der Waals surface area contributed by atoms with Crippen molar-refractivity contribution in [2.24, 2.45) is 0 Å². The summed E-state index contributed by atoms with van der Waals surface area (Å²) in [5, 5.41) is 0. The van der Waals surface area contributed by atoms with E-state index in [0.29, 0.717) is 0 Å². The Kier molecular flexibility index (Phi) is 7.82. The standard InChI is InChI=1S/C14H29NO2/c1-4-13-9-7-8-11-15(13)12-10-14(16-5-2)17-6-3/h13-14H,4-12H2,1-3H3. The normalized spacial score (nSPS) is 22.2. The van der Waals surface area contributed by atoms with E-state index in [9.17, 15) is 0 Å². The minimum absolute atomic E-state index is 0.00978. The minimum Gasteiger partial charge on any atom is -0.353 e. The van der Waals surface area contributed by atoms with Crippen LogP contribution in [-0.2, 0) is 9.47 Å². The summed E-state index contributed by atoms with van der Waals surface area (Å²) in [5.41, 5.74) is 0. The number of piperidine rings is 1. The molecule has 1 saturated heterocycles. The molecule has 1 atom stereocenters. The highest BCUT2D eigenvalue weighted by Gasteiger charge is 2.21. The zero-order chi connectivity index (χ0) is 12.5. The van der Waals surface area contributed by atoms with Crippen LogP contribution >= 0.6 is 0 Å². The summed E-state index contributed by atoms with van der Waals surface area (Å²) in [6.45, 7) is 10.2. The molecule has 1 fully saturated rings. The van der Waals surface area contributed by atoms with Gasteiger partial charge in [0.15, 0.2) is 6.29 Å². The van der Waals surface area contributed by atoms with E-state index in [-0.39, 0.29) is 6.29 Å². The molecule has 0 bridgehead atoms. The predicted molar refractivity (Wildman–Crippen MR) is 71.2 cm³/mol. The summed E-state index contributed by atoms with van der Waals surface area (Å²) in [7, 11) is 0. The summed E-state index contributed by atoms with van der Waals surface area (Å²) >= 11 is 0. The number of likely N-dealkylation sites (tertiary alicyclic amines) is 1. The van der Waals surface area contributed by atoms with Crippen molar-refractivity contribution in [2.45, 2.75) is 65.2 Å². The van der Waals surface area contributed by atoms with Gasteiger partial charge in [-0.25, -0.2) is 0 Å². The Balaban J connectivity index is 2.30. The molecule has 0 radical (unpaired) electrons. The van der Waals surface area contributed by atoms with Crippen molar-refractivity contribution in [3.05, 3.63) is 0 Å². The molecule has 3 heteroatoms. The highest BCUT2D eigenvalue weighted by molar-refractivity contribution is 4.75. The van der Waals surface area contributed by atoms with E-state index in [1.54, 1.807) is 0 Å². The molecule has 0 saturated carbocycles. The van der Waals surface area contributed by atoms with Crippen LogP contribution in [0.25, 0.3) is 0 Å². The van der Waals surface area contributed by atoms with Crippen LogP contribution in [0.15, 0.2) is 0 Å². The lowest BCUT2D eigenvalue weighted by Gasteiger charge is -2.35. The molecule has 0 N–H and O–H groups in total. The highest BCUT2D eigenvalue weighted by Crippen LogP contribution is 2.20. The van der Waals surface area contributed by atoms with Gasteiger partial charge in [0.05, 0.1) is 0 Å². The molecular weight excluding hydrogens is 214 g/mol. The van der Waals surface area contributed by atoms with E-state index in [2.05, 4.69) is 11.8 Å². The molecule has 0 amide bonds. The van der Waals surface area contributed by atoms with Crippen LogP contribution in [0.5, 0.6) is 0 Å². The molecule has 1 heterocycles. The van der Waals surface area contributed by atoms with Crippen LogP contribution in [0.2, 0.25) is 0 Å². The Hall–Kier alpha value is -0.120. The third-order valence-electron chi connectivity index (χ3n) is 3.58. The molecule has 102 valence electrons. The van der Waals surface area contributed by atoms with Crippen molar-refractivity contribution >= 4 is 0 Å². The first-order valence-corrected chi connectivity index (χ1v) is 7.29. The SMILES string of the molecule is CCOC(CCN1CCCCC1CC)OCC. The third kappa shape index (κ3) is 5.36. The molecule has 1 aliphatic heterocycles. The second-order valence-electron chi connectivity index (χ2n) is 4.72. The first-order valence-electron chi connectivity index (χ1n) is 7.29. The van der Waals surface area contributed by atoms with Gasteiger partial charge in [0.1, 0.15) is 0 Å². The van der Waals surface area contributed by atoms with Crippen molar-refractivity contribution in [3.63, 3.8) is 0 Å². The molecule has 0 aromatic heterocycles. The van der Waals surface area contributed by atoms with E-state index >= 15 is 0 Å². The van der Waals surface area contributed by atoms with Gasteiger partial charge in [-0.1, -0.05) is 13.3 Å². The quantitative estimate of drug-likeness (QED) is 0.612. The van der Waals surface area contributed by atoms with Gasteiger partial charge in [0, 0.05) is 32.2 Å². The van der Waals surface area contributed by atoms with E-state index in [4.69, 9.17) is 9.47 Å². The van der Waals surface area contributed by atoms with Crippen LogP contribution in [-0.4, -0.2) is 43.5 Å². The maximum absolute atomic E-state index is 5.59. The van der Waals surface area contributed by atoms with Gasteiger partial charge in [-0.15, -0.1) is 0 Å². The zero-order valence-electron chi connectivity index (χ0n) is 11.8. The summed E-state index contributed by atoms with van der Waals surface area (Å²) in [4.78, 5) is 2.62.